The van der Waals surface area contributed by atoms with Crippen molar-refractivity contribution in [2.45, 2.75) is 12.6 Å². The Balaban J connectivity index is 3.03. The van der Waals surface area contributed by atoms with E-state index in [9.17, 15) is 18.0 Å². The first-order chi connectivity index (χ1) is 7.34. The average molecular weight is 298 g/mol. The Labute approximate surface area is 97.8 Å². The molecule has 0 N–H and O–H groups in total. The third-order valence-corrected chi connectivity index (χ3v) is 2.37. The van der Waals surface area contributed by atoms with E-state index in [0.717, 1.165) is 7.11 Å². The molecule has 0 aromatic carbocycles. The van der Waals surface area contributed by atoms with Crippen molar-refractivity contribution >= 4 is 21.9 Å². The van der Waals surface area contributed by atoms with E-state index in [1.807, 2.05) is 0 Å². The van der Waals surface area contributed by atoms with Crippen LogP contribution < -0.4 is 0 Å². The topological polar surface area (TPSA) is 39.2 Å². The molecule has 1 aromatic rings. The molecule has 0 atom stereocenters. The lowest BCUT2D eigenvalue weighted by molar-refractivity contribution is -0.143. The predicted molar refractivity (Wildman–Crippen MR) is 52.7 cm³/mol. The van der Waals surface area contributed by atoms with Crippen molar-refractivity contribution in [1.29, 1.82) is 0 Å². The number of pyridine rings is 1. The van der Waals surface area contributed by atoms with E-state index in [0.29, 0.717) is 0 Å². The standard InChI is InChI=1S/C9H7BrF3NO2/c1-16-7(15)4-5-2-3-6(10)8(14-5)9(11,12)13/h2-3H,4H2,1H3. The summed E-state index contributed by atoms with van der Waals surface area (Å²) >= 11 is 2.75. The largest absolute Gasteiger partial charge is 0.469 e. The number of hydrogen-bond acceptors (Lipinski definition) is 3. The van der Waals surface area contributed by atoms with Crippen LogP contribution in [0.25, 0.3) is 0 Å². The number of hydrogen-bond donors (Lipinski definition) is 0. The number of esters is 1. The van der Waals surface area contributed by atoms with Gasteiger partial charge in [-0.15, -0.1) is 0 Å². The maximum absolute atomic E-state index is 12.4. The summed E-state index contributed by atoms with van der Waals surface area (Å²) in [5.74, 6) is -0.636. The number of ether oxygens (including phenoxy) is 1. The molecule has 0 aliphatic heterocycles. The third-order valence-electron chi connectivity index (χ3n) is 1.73. The second kappa shape index (κ2) is 4.82. The quantitative estimate of drug-likeness (QED) is 0.788. The number of rotatable bonds is 2. The molecule has 1 aromatic heterocycles. The van der Waals surface area contributed by atoms with E-state index in [1.165, 1.54) is 12.1 Å². The first kappa shape index (κ1) is 13.0. The molecule has 0 spiro atoms. The maximum atomic E-state index is 12.4. The molecule has 1 rings (SSSR count). The SMILES string of the molecule is COC(=O)Cc1ccc(Br)c(C(F)(F)F)n1. The molecule has 0 fully saturated rings. The summed E-state index contributed by atoms with van der Waals surface area (Å²) in [6, 6.07) is 2.53. The lowest BCUT2D eigenvalue weighted by Gasteiger charge is -2.09. The van der Waals surface area contributed by atoms with Crippen molar-refractivity contribution in [2.75, 3.05) is 7.11 Å². The van der Waals surface area contributed by atoms with Crippen LogP contribution in [0.3, 0.4) is 0 Å². The first-order valence-electron chi connectivity index (χ1n) is 4.14. The van der Waals surface area contributed by atoms with Gasteiger partial charge in [-0.3, -0.25) is 4.79 Å². The third kappa shape index (κ3) is 3.19. The Hall–Kier alpha value is -1.11. The summed E-state index contributed by atoms with van der Waals surface area (Å²) in [6.45, 7) is 0. The second-order valence-corrected chi connectivity index (χ2v) is 3.74. The molecule has 16 heavy (non-hydrogen) atoms. The molecule has 0 bridgehead atoms. The van der Waals surface area contributed by atoms with Crippen LogP contribution in [0.1, 0.15) is 11.4 Å². The van der Waals surface area contributed by atoms with Crippen LogP contribution in [-0.2, 0) is 22.1 Å². The van der Waals surface area contributed by atoms with Crippen molar-refractivity contribution in [3.8, 4) is 0 Å². The molecule has 88 valence electrons. The van der Waals surface area contributed by atoms with Crippen LogP contribution >= 0.6 is 15.9 Å². The molecular formula is C9H7BrF3NO2. The summed E-state index contributed by atoms with van der Waals surface area (Å²) in [7, 11) is 1.16. The van der Waals surface area contributed by atoms with Crippen molar-refractivity contribution in [3.63, 3.8) is 0 Å². The van der Waals surface area contributed by atoms with Gasteiger partial charge in [-0.1, -0.05) is 0 Å². The molecule has 0 saturated carbocycles. The average Bonchev–Trinajstić information content (AvgIpc) is 2.19. The highest BCUT2D eigenvalue weighted by Gasteiger charge is 2.35. The second-order valence-electron chi connectivity index (χ2n) is 2.88. The first-order valence-corrected chi connectivity index (χ1v) is 4.93. The Morgan fingerprint density at radius 2 is 2.12 bits per heavy atom. The van der Waals surface area contributed by atoms with E-state index in [2.05, 4.69) is 25.7 Å². The Morgan fingerprint density at radius 1 is 1.50 bits per heavy atom. The zero-order valence-corrected chi connectivity index (χ0v) is 9.72. The summed E-state index contributed by atoms with van der Waals surface area (Å²) in [5.41, 5.74) is -1.03. The minimum Gasteiger partial charge on any atom is -0.469 e. The number of aromatic nitrogens is 1. The molecule has 7 heteroatoms. The number of nitrogens with zero attached hydrogens (tertiary/aromatic N) is 1. The monoisotopic (exact) mass is 297 g/mol. The van der Waals surface area contributed by atoms with Crippen molar-refractivity contribution in [1.82, 2.24) is 4.98 Å². The number of alkyl halides is 3. The lowest BCUT2D eigenvalue weighted by atomic mass is 10.2. The van der Waals surface area contributed by atoms with Gasteiger partial charge in [-0.2, -0.15) is 13.2 Å². The number of carbonyl (C=O) groups excluding carboxylic acids is 1. The highest BCUT2D eigenvalue weighted by molar-refractivity contribution is 9.10. The Bertz CT molecular complexity index is 406. The van der Waals surface area contributed by atoms with E-state index in [4.69, 9.17) is 0 Å². The fourth-order valence-corrected chi connectivity index (χ4v) is 1.45. The molecular weight excluding hydrogens is 291 g/mol. The summed E-state index contributed by atoms with van der Waals surface area (Å²) < 4.78 is 41.5. The van der Waals surface area contributed by atoms with Crippen molar-refractivity contribution < 1.29 is 22.7 Å². The molecule has 0 saturated heterocycles. The van der Waals surface area contributed by atoms with Gasteiger partial charge < -0.3 is 4.74 Å². The number of halogens is 4. The fraction of sp³-hybridized carbons (Fsp3) is 0.333. The molecule has 0 unspecified atom stereocenters. The summed E-state index contributed by atoms with van der Waals surface area (Å²) in [4.78, 5) is 14.2. The minimum atomic E-state index is -4.55. The van der Waals surface area contributed by atoms with Crippen molar-refractivity contribution in [2.24, 2.45) is 0 Å². The zero-order chi connectivity index (χ0) is 12.3. The van der Waals surface area contributed by atoms with Gasteiger partial charge in [0.25, 0.3) is 0 Å². The van der Waals surface area contributed by atoms with E-state index >= 15 is 0 Å². The normalized spacial score (nSPS) is 11.3. The van der Waals surface area contributed by atoms with Gasteiger partial charge in [-0.05, 0) is 28.1 Å². The predicted octanol–water partition coefficient (Wildman–Crippen LogP) is 2.58. The van der Waals surface area contributed by atoms with E-state index < -0.39 is 17.8 Å². The Morgan fingerprint density at radius 3 is 2.62 bits per heavy atom. The molecule has 0 radical (unpaired) electrons. The lowest BCUT2D eigenvalue weighted by Crippen LogP contribution is -2.13. The van der Waals surface area contributed by atoms with Gasteiger partial charge >= 0.3 is 12.1 Å². The van der Waals surface area contributed by atoms with Gasteiger partial charge in [0.05, 0.1) is 19.2 Å². The molecule has 0 aliphatic carbocycles. The van der Waals surface area contributed by atoms with Crippen molar-refractivity contribution in [3.05, 3.63) is 28.0 Å². The minimum absolute atomic E-state index is 0.0161. The smallest absolute Gasteiger partial charge is 0.434 e. The van der Waals surface area contributed by atoms with Crippen LogP contribution in [0.15, 0.2) is 16.6 Å². The Kier molecular flexibility index (Phi) is 3.90. The molecule has 3 nitrogen and oxygen atoms in total. The number of carbonyl (C=O) groups is 1. The highest BCUT2D eigenvalue weighted by Crippen LogP contribution is 2.33. The van der Waals surface area contributed by atoms with Crippen LogP contribution in [-0.4, -0.2) is 18.1 Å². The summed E-state index contributed by atoms with van der Waals surface area (Å²) in [6.07, 6.45) is -4.84. The fourth-order valence-electron chi connectivity index (χ4n) is 1.000. The van der Waals surface area contributed by atoms with Gasteiger partial charge in [0.1, 0.15) is 0 Å². The summed E-state index contributed by atoms with van der Waals surface area (Å²) in [5, 5.41) is 0. The van der Waals surface area contributed by atoms with Crippen LogP contribution in [0.4, 0.5) is 13.2 Å². The molecule has 1 heterocycles. The van der Waals surface area contributed by atoms with Gasteiger partial charge in [0.2, 0.25) is 0 Å². The maximum Gasteiger partial charge on any atom is 0.434 e. The van der Waals surface area contributed by atoms with Gasteiger partial charge in [-0.25, -0.2) is 4.98 Å². The van der Waals surface area contributed by atoms with Crippen LogP contribution in [0.5, 0.6) is 0 Å². The van der Waals surface area contributed by atoms with E-state index in [-0.39, 0.29) is 16.6 Å². The highest BCUT2D eigenvalue weighted by atomic mass is 79.9. The van der Waals surface area contributed by atoms with Gasteiger partial charge in [0.15, 0.2) is 5.69 Å². The molecule has 0 aliphatic rings. The number of methoxy groups -OCH3 is 1. The van der Waals surface area contributed by atoms with Crippen LogP contribution in [0, 0.1) is 0 Å². The van der Waals surface area contributed by atoms with E-state index in [1.54, 1.807) is 0 Å². The zero-order valence-electron chi connectivity index (χ0n) is 8.14. The van der Waals surface area contributed by atoms with Crippen LogP contribution in [0.2, 0.25) is 0 Å². The molecule has 0 amide bonds. The van der Waals surface area contributed by atoms with Gasteiger partial charge in [0, 0.05) is 4.47 Å².